The van der Waals surface area contributed by atoms with E-state index < -0.39 is 0 Å². The number of likely N-dealkylation sites (N-methyl/N-ethyl adjacent to an activating group) is 2. The summed E-state index contributed by atoms with van der Waals surface area (Å²) in [6.07, 6.45) is 2.61. The summed E-state index contributed by atoms with van der Waals surface area (Å²) in [6, 6.07) is 17.3. The Labute approximate surface area is 143 Å². The predicted octanol–water partition coefficient (Wildman–Crippen LogP) is 3.50. The zero-order chi connectivity index (χ0) is 16.9. The third-order valence-corrected chi connectivity index (χ3v) is 5.99. The van der Waals surface area contributed by atoms with Crippen molar-refractivity contribution in [2.75, 3.05) is 19.0 Å². The number of rotatable bonds is 2. The largest absolute Gasteiger partial charge is 0.353 e. The normalized spacial score (nSPS) is 25.6. The molecule has 0 aliphatic carbocycles. The van der Waals surface area contributed by atoms with Crippen molar-refractivity contribution in [1.82, 2.24) is 4.90 Å². The molecule has 4 rings (SSSR count). The molecule has 3 nitrogen and oxygen atoms in total. The van der Waals surface area contributed by atoms with Gasteiger partial charge in [0.25, 0.3) is 0 Å². The van der Waals surface area contributed by atoms with Gasteiger partial charge in [0.2, 0.25) is 5.91 Å². The van der Waals surface area contributed by atoms with Gasteiger partial charge in [0.05, 0.1) is 0 Å². The third-order valence-electron chi connectivity index (χ3n) is 5.99. The molecule has 2 aliphatic heterocycles. The number of amides is 1. The molecule has 0 bridgehead atoms. The van der Waals surface area contributed by atoms with Crippen LogP contribution in [-0.2, 0) is 16.6 Å². The Morgan fingerprint density at radius 1 is 1.04 bits per heavy atom. The minimum Gasteiger partial charge on any atom is -0.353 e. The van der Waals surface area contributed by atoms with Crippen LogP contribution < -0.4 is 4.90 Å². The van der Waals surface area contributed by atoms with Crippen LogP contribution in [0.5, 0.6) is 0 Å². The monoisotopic (exact) mass is 320 g/mol. The fourth-order valence-electron chi connectivity index (χ4n) is 4.80. The number of benzene rings is 2. The number of hydrogen-bond donors (Lipinski definition) is 0. The minimum atomic E-state index is -0.0277. The zero-order valence-electron chi connectivity index (χ0n) is 14.6. The van der Waals surface area contributed by atoms with Crippen LogP contribution in [0.3, 0.4) is 0 Å². The lowest BCUT2D eigenvalue weighted by atomic mass is 9.69. The molecule has 1 saturated heterocycles. The summed E-state index contributed by atoms with van der Waals surface area (Å²) < 4.78 is 0. The Hall–Kier alpha value is -2.29. The number of carbonyl (C=O) groups is 1. The van der Waals surface area contributed by atoms with Crippen LogP contribution in [0, 0.1) is 6.92 Å². The van der Waals surface area contributed by atoms with Crippen molar-refractivity contribution in [2.24, 2.45) is 0 Å². The van der Waals surface area contributed by atoms with Crippen LogP contribution in [0.1, 0.15) is 29.5 Å². The topological polar surface area (TPSA) is 23.6 Å². The highest BCUT2D eigenvalue weighted by molar-refractivity contribution is 5.81. The molecule has 3 heteroatoms. The summed E-state index contributed by atoms with van der Waals surface area (Å²) in [7, 11) is 4.08. The van der Waals surface area contributed by atoms with E-state index in [1.54, 1.807) is 0 Å². The first kappa shape index (κ1) is 15.3. The molecule has 0 saturated carbocycles. The molecule has 0 aromatic heterocycles. The number of likely N-dealkylation sites (tertiary alicyclic amines) is 1. The van der Waals surface area contributed by atoms with E-state index in [9.17, 15) is 4.79 Å². The first-order chi connectivity index (χ1) is 11.5. The quantitative estimate of drug-likeness (QED) is 0.845. The van der Waals surface area contributed by atoms with Crippen molar-refractivity contribution in [3.63, 3.8) is 0 Å². The maximum Gasteiger partial charge on any atom is 0.224 e. The minimum absolute atomic E-state index is 0.0277. The lowest BCUT2D eigenvalue weighted by Gasteiger charge is -2.47. The predicted molar refractivity (Wildman–Crippen MR) is 97.2 cm³/mol. The summed E-state index contributed by atoms with van der Waals surface area (Å²) in [5.74, 6) is 0.250. The van der Waals surface area contributed by atoms with Gasteiger partial charge in [-0.25, -0.2) is 0 Å². The molecule has 2 atom stereocenters. The molecule has 0 spiro atoms. The summed E-state index contributed by atoms with van der Waals surface area (Å²) in [4.78, 5) is 16.7. The van der Waals surface area contributed by atoms with E-state index in [1.165, 1.54) is 22.4 Å². The molecule has 2 heterocycles. The number of para-hydroxylation sites is 1. The van der Waals surface area contributed by atoms with Gasteiger partial charge in [-0.1, -0.05) is 42.5 Å². The first-order valence-corrected chi connectivity index (χ1v) is 8.67. The molecule has 1 amide bonds. The number of nitrogens with zero attached hydrogens (tertiary/aromatic N) is 2. The Kier molecular flexibility index (Phi) is 3.41. The maximum atomic E-state index is 12.4. The Bertz CT molecular complexity index is 800. The highest BCUT2D eigenvalue weighted by atomic mass is 16.2. The molecule has 2 aliphatic rings. The Morgan fingerprint density at radius 3 is 2.54 bits per heavy atom. The molecule has 1 fully saturated rings. The lowest BCUT2D eigenvalue weighted by Crippen LogP contribution is -2.59. The molecule has 2 aromatic rings. The molecule has 0 N–H and O–H groups in total. The second kappa shape index (κ2) is 5.37. The Morgan fingerprint density at radius 2 is 1.75 bits per heavy atom. The van der Waals surface area contributed by atoms with E-state index in [2.05, 4.69) is 67.4 Å². The van der Waals surface area contributed by atoms with Crippen LogP contribution in [0.15, 0.2) is 48.5 Å². The van der Waals surface area contributed by atoms with Crippen LogP contribution in [0.4, 0.5) is 5.69 Å². The van der Waals surface area contributed by atoms with Gasteiger partial charge in [0, 0.05) is 31.6 Å². The maximum absolute atomic E-state index is 12.4. The van der Waals surface area contributed by atoms with Gasteiger partial charge < -0.3 is 9.80 Å². The fourth-order valence-corrected chi connectivity index (χ4v) is 4.80. The van der Waals surface area contributed by atoms with E-state index in [1.807, 2.05) is 11.9 Å². The molecular weight excluding hydrogens is 296 g/mol. The van der Waals surface area contributed by atoms with E-state index in [4.69, 9.17) is 0 Å². The molecular formula is C21H24N2O. The van der Waals surface area contributed by atoms with Crippen LogP contribution in [0.25, 0.3) is 0 Å². The third kappa shape index (κ3) is 2.00. The summed E-state index contributed by atoms with van der Waals surface area (Å²) in [5, 5.41) is 0. The summed E-state index contributed by atoms with van der Waals surface area (Å²) in [5.41, 5.74) is 5.34. The smallest absolute Gasteiger partial charge is 0.224 e. The van der Waals surface area contributed by atoms with Crippen LogP contribution in [0.2, 0.25) is 0 Å². The average Bonchev–Trinajstić information content (AvgIpc) is 2.84. The standard InChI is InChI=1S/C21H24N2O/c1-15-8-4-5-9-16(15)14-21-13-12-19(24)23(3)20(21)22(2)18-11-7-6-10-17(18)21/h4-11,20H,12-14H2,1-3H3/t20-,21+/m0/s1. The van der Waals surface area contributed by atoms with Crippen LogP contribution in [-0.4, -0.2) is 31.1 Å². The van der Waals surface area contributed by atoms with E-state index in [-0.39, 0.29) is 17.5 Å². The van der Waals surface area contributed by atoms with E-state index in [0.29, 0.717) is 6.42 Å². The molecule has 0 unspecified atom stereocenters. The van der Waals surface area contributed by atoms with Crippen molar-refractivity contribution in [3.05, 3.63) is 65.2 Å². The molecule has 124 valence electrons. The van der Waals surface area contributed by atoms with Crippen molar-refractivity contribution >= 4 is 11.6 Å². The van der Waals surface area contributed by atoms with Gasteiger partial charge in [-0.15, -0.1) is 0 Å². The molecule has 24 heavy (non-hydrogen) atoms. The average molecular weight is 320 g/mol. The van der Waals surface area contributed by atoms with Crippen molar-refractivity contribution in [3.8, 4) is 0 Å². The highest BCUT2D eigenvalue weighted by Crippen LogP contribution is 2.52. The number of aryl methyl sites for hydroxylation is 1. The van der Waals surface area contributed by atoms with Gasteiger partial charge in [-0.2, -0.15) is 0 Å². The number of fused-ring (bicyclic) bond motifs is 3. The van der Waals surface area contributed by atoms with Gasteiger partial charge in [0.1, 0.15) is 6.17 Å². The zero-order valence-corrected chi connectivity index (χ0v) is 14.6. The fraction of sp³-hybridized carbons (Fsp3) is 0.381. The van der Waals surface area contributed by atoms with Gasteiger partial charge in [0.15, 0.2) is 0 Å². The summed E-state index contributed by atoms with van der Waals surface area (Å²) >= 11 is 0. The lowest BCUT2D eigenvalue weighted by molar-refractivity contribution is -0.137. The van der Waals surface area contributed by atoms with E-state index in [0.717, 1.165) is 12.8 Å². The van der Waals surface area contributed by atoms with Gasteiger partial charge in [-0.05, 0) is 42.5 Å². The second-order valence-electron chi connectivity index (χ2n) is 7.27. The second-order valence-corrected chi connectivity index (χ2v) is 7.27. The van der Waals surface area contributed by atoms with Crippen molar-refractivity contribution < 1.29 is 4.79 Å². The van der Waals surface area contributed by atoms with Crippen molar-refractivity contribution in [1.29, 1.82) is 0 Å². The Balaban J connectivity index is 1.88. The van der Waals surface area contributed by atoms with Gasteiger partial charge in [-0.3, -0.25) is 4.79 Å². The first-order valence-electron chi connectivity index (χ1n) is 8.67. The van der Waals surface area contributed by atoms with Gasteiger partial charge >= 0.3 is 0 Å². The van der Waals surface area contributed by atoms with Crippen molar-refractivity contribution in [2.45, 2.75) is 37.8 Å². The summed E-state index contributed by atoms with van der Waals surface area (Å²) in [6.45, 7) is 2.18. The number of carbonyl (C=O) groups excluding carboxylic acids is 1. The number of piperidine rings is 1. The number of hydrogen-bond acceptors (Lipinski definition) is 2. The number of anilines is 1. The molecule has 2 aromatic carbocycles. The SMILES string of the molecule is Cc1ccccc1C[C@@]12CCC(=O)N(C)[C@@H]1N(C)c1ccccc12. The van der Waals surface area contributed by atoms with Crippen LogP contribution >= 0.6 is 0 Å². The van der Waals surface area contributed by atoms with E-state index >= 15 is 0 Å². The molecule has 0 radical (unpaired) electrons. The highest BCUT2D eigenvalue weighted by Gasteiger charge is 2.54.